The van der Waals surface area contributed by atoms with Crippen molar-refractivity contribution in [3.8, 4) is 0 Å². The average Bonchev–Trinajstić information content (AvgIpc) is 2.81. The van der Waals surface area contributed by atoms with Gasteiger partial charge >= 0.3 is 0 Å². The van der Waals surface area contributed by atoms with Crippen LogP contribution in [0.5, 0.6) is 0 Å². The predicted molar refractivity (Wildman–Crippen MR) is 83.6 cm³/mol. The van der Waals surface area contributed by atoms with E-state index in [1.165, 1.54) is 35.6 Å². The third-order valence-electron chi connectivity index (χ3n) is 2.89. The molecule has 0 aliphatic rings. The van der Waals surface area contributed by atoms with E-state index in [0.29, 0.717) is 12.2 Å². The lowest BCUT2D eigenvalue weighted by molar-refractivity contribution is 0.603. The third kappa shape index (κ3) is 4.03. The highest BCUT2D eigenvalue weighted by atomic mass is 32.2. The lowest BCUT2D eigenvalue weighted by atomic mass is 10.3. The fourth-order valence-corrected chi connectivity index (χ4v) is 4.38. The number of rotatable bonds is 6. The fourth-order valence-electron chi connectivity index (χ4n) is 1.76. The second-order valence-corrected chi connectivity index (χ2v) is 7.61. The Morgan fingerprint density at radius 1 is 1.24 bits per heavy atom. The minimum Gasteiger partial charge on any atom is -0.312 e. The molecule has 0 atom stereocenters. The van der Waals surface area contributed by atoms with Gasteiger partial charge < -0.3 is 5.32 Å². The molecule has 1 aromatic heterocycles. The number of hydrogen-bond donors (Lipinski definition) is 2. The van der Waals surface area contributed by atoms with Crippen LogP contribution in [-0.2, 0) is 16.6 Å². The van der Waals surface area contributed by atoms with Crippen LogP contribution in [0, 0.1) is 12.7 Å². The number of aryl methyl sites for hydroxylation is 1. The van der Waals surface area contributed by atoms with Crippen molar-refractivity contribution in [1.29, 1.82) is 0 Å². The van der Waals surface area contributed by atoms with Crippen LogP contribution < -0.4 is 10.0 Å². The zero-order valence-electron chi connectivity index (χ0n) is 11.8. The first-order valence-electron chi connectivity index (χ1n) is 6.51. The van der Waals surface area contributed by atoms with E-state index in [1.54, 1.807) is 6.07 Å². The van der Waals surface area contributed by atoms with Crippen LogP contribution in [0.4, 0.5) is 10.1 Å². The van der Waals surface area contributed by atoms with Crippen LogP contribution in [0.25, 0.3) is 0 Å². The smallest absolute Gasteiger partial charge is 0.271 e. The van der Waals surface area contributed by atoms with E-state index >= 15 is 0 Å². The second-order valence-electron chi connectivity index (χ2n) is 4.56. The number of hydrogen-bond acceptors (Lipinski definition) is 4. The van der Waals surface area contributed by atoms with Crippen molar-refractivity contribution < 1.29 is 12.8 Å². The molecule has 1 heterocycles. The molecule has 21 heavy (non-hydrogen) atoms. The molecule has 7 heteroatoms. The van der Waals surface area contributed by atoms with Crippen LogP contribution in [0.2, 0.25) is 0 Å². The summed E-state index contributed by atoms with van der Waals surface area (Å²) in [5, 5.41) is 3.18. The minimum absolute atomic E-state index is 0.261. The molecule has 1 aromatic carbocycles. The largest absolute Gasteiger partial charge is 0.312 e. The van der Waals surface area contributed by atoms with Crippen molar-refractivity contribution in [3.63, 3.8) is 0 Å². The van der Waals surface area contributed by atoms with Crippen LogP contribution in [0.15, 0.2) is 34.5 Å². The van der Waals surface area contributed by atoms with Crippen molar-refractivity contribution in [2.45, 2.75) is 24.6 Å². The first kappa shape index (κ1) is 15.9. The van der Waals surface area contributed by atoms with Gasteiger partial charge in [-0.15, -0.1) is 11.3 Å². The number of benzene rings is 1. The van der Waals surface area contributed by atoms with Gasteiger partial charge in [-0.3, -0.25) is 4.72 Å². The molecule has 0 amide bonds. The Bertz CT molecular complexity index is 709. The highest BCUT2D eigenvalue weighted by Gasteiger charge is 2.19. The Morgan fingerprint density at radius 3 is 2.52 bits per heavy atom. The van der Waals surface area contributed by atoms with Crippen LogP contribution in [-0.4, -0.2) is 15.0 Å². The van der Waals surface area contributed by atoms with Crippen LogP contribution >= 0.6 is 11.3 Å². The average molecular weight is 328 g/mol. The molecule has 0 saturated carbocycles. The summed E-state index contributed by atoms with van der Waals surface area (Å²) in [6.07, 6.45) is 0. The molecule has 114 valence electrons. The third-order valence-corrected chi connectivity index (χ3v) is 5.99. The summed E-state index contributed by atoms with van der Waals surface area (Å²) in [4.78, 5) is 0.997. The number of sulfonamides is 1. The summed E-state index contributed by atoms with van der Waals surface area (Å²) in [7, 11) is -3.63. The Morgan fingerprint density at radius 2 is 1.90 bits per heavy atom. The molecular formula is C14H17FN2O2S2. The van der Waals surface area contributed by atoms with Gasteiger partial charge in [0.1, 0.15) is 10.0 Å². The quantitative estimate of drug-likeness (QED) is 0.856. The second kappa shape index (κ2) is 6.55. The summed E-state index contributed by atoms with van der Waals surface area (Å²) in [6.45, 7) is 5.36. The highest BCUT2D eigenvalue weighted by Crippen LogP contribution is 2.27. The van der Waals surface area contributed by atoms with E-state index in [4.69, 9.17) is 0 Å². The maximum Gasteiger partial charge on any atom is 0.271 e. The van der Waals surface area contributed by atoms with Gasteiger partial charge in [-0.25, -0.2) is 12.8 Å². The van der Waals surface area contributed by atoms with Crippen molar-refractivity contribution in [3.05, 3.63) is 46.6 Å². The maximum atomic E-state index is 12.8. The van der Waals surface area contributed by atoms with Crippen molar-refractivity contribution in [2.75, 3.05) is 11.3 Å². The number of halogens is 1. The monoisotopic (exact) mass is 328 g/mol. The molecule has 0 fully saturated rings. The summed E-state index contributed by atoms with van der Waals surface area (Å²) in [5.41, 5.74) is 1.29. The van der Waals surface area contributed by atoms with Gasteiger partial charge in [-0.1, -0.05) is 6.92 Å². The molecule has 0 spiro atoms. The molecule has 2 rings (SSSR count). The van der Waals surface area contributed by atoms with Gasteiger partial charge in [0.2, 0.25) is 0 Å². The maximum absolute atomic E-state index is 12.8. The first-order valence-corrected chi connectivity index (χ1v) is 8.80. The lowest BCUT2D eigenvalue weighted by Gasteiger charge is -2.05. The number of anilines is 1. The van der Waals surface area contributed by atoms with E-state index in [0.717, 1.165) is 17.0 Å². The summed E-state index contributed by atoms with van der Waals surface area (Å²) >= 11 is 1.24. The Balaban J connectivity index is 2.21. The molecule has 2 aromatic rings. The predicted octanol–water partition coefficient (Wildman–Crippen LogP) is 3.11. The molecular weight excluding hydrogens is 311 g/mol. The van der Waals surface area contributed by atoms with Gasteiger partial charge in [-0.05, 0) is 49.4 Å². The van der Waals surface area contributed by atoms with Gasteiger partial charge in [0, 0.05) is 17.1 Å². The van der Waals surface area contributed by atoms with Crippen molar-refractivity contribution >= 4 is 27.0 Å². The van der Waals surface area contributed by atoms with E-state index < -0.39 is 15.8 Å². The molecule has 0 aliphatic heterocycles. The van der Waals surface area contributed by atoms with Gasteiger partial charge in [-0.2, -0.15) is 0 Å². The van der Waals surface area contributed by atoms with Crippen LogP contribution in [0.1, 0.15) is 17.4 Å². The van der Waals surface area contributed by atoms with E-state index in [-0.39, 0.29) is 4.21 Å². The molecule has 0 aliphatic carbocycles. The zero-order chi connectivity index (χ0) is 15.5. The Labute approximate surface area is 128 Å². The van der Waals surface area contributed by atoms with Gasteiger partial charge in [0.15, 0.2) is 0 Å². The summed E-state index contributed by atoms with van der Waals surface area (Å²) in [6, 6.07) is 6.88. The van der Waals surface area contributed by atoms with Crippen LogP contribution in [0.3, 0.4) is 0 Å². The Kier molecular flexibility index (Phi) is 4.97. The van der Waals surface area contributed by atoms with Crippen molar-refractivity contribution in [1.82, 2.24) is 5.32 Å². The van der Waals surface area contributed by atoms with E-state index in [9.17, 15) is 12.8 Å². The van der Waals surface area contributed by atoms with Gasteiger partial charge in [0.05, 0.1) is 0 Å². The topological polar surface area (TPSA) is 58.2 Å². The van der Waals surface area contributed by atoms with Crippen molar-refractivity contribution in [2.24, 2.45) is 0 Å². The summed E-state index contributed by atoms with van der Waals surface area (Å²) < 4.78 is 40.2. The lowest BCUT2D eigenvalue weighted by Crippen LogP contribution is -2.11. The molecule has 2 N–H and O–H groups in total. The first-order chi connectivity index (χ1) is 9.92. The standard InChI is InChI=1S/C14H17FN2O2S2/c1-3-16-9-13-10(2)8-14(20-13)21(18,19)17-12-6-4-11(15)5-7-12/h4-8,16-17H,3,9H2,1-2H3. The SMILES string of the molecule is CCNCc1sc(S(=O)(=O)Nc2ccc(F)cc2)cc1C. The molecule has 0 radical (unpaired) electrons. The molecule has 0 bridgehead atoms. The molecule has 4 nitrogen and oxygen atoms in total. The normalized spacial score (nSPS) is 11.6. The highest BCUT2D eigenvalue weighted by molar-refractivity contribution is 7.94. The summed E-state index contributed by atoms with van der Waals surface area (Å²) in [5.74, 6) is -0.405. The number of nitrogens with one attached hydrogen (secondary N) is 2. The fraction of sp³-hybridized carbons (Fsp3) is 0.286. The number of thiophene rings is 1. The molecule has 0 unspecified atom stereocenters. The van der Waals surface area contributed by atoms with E-state index in [2.05, 4.69) is 10.0 Å². The van der Waals surface area contributed by atoms with Gasteiger partial charge in [0.25, 0.3) is 10.0 Å². The van der Waals surface area contributed by atoms with E-state index in [1.807, 2.05) is 13.8 Å². The molecule has 0 saturated heterocycles. The minimum atomic E-state index is -3.63. The zero-order valence-corrected chi connectivity index (χ0v) is 13.4. The Hall–Kier alpha value is -1.44.